The van der Waals surface area contributed by atoms with E-state index in [1.807, 2.05) is 0 Å². The van der Waals surface area contributed by atoms with Gasteiger partial charge in [0, 0.05) is 13.1 Å². The number of nitro benzene ring substituents is 1. The van der Waals surface area contributed by atoms with E-state index in [9.17, 15) is 14.9 Å². The minimum absolute atomic E-state index is 0.0427. The van der Waals surface area contributed by atoms with Gasteiger partial charge >= 0.3 is 5.69 Å². The van der Waals surface area contributed by atoms with Gasteiger partial charge in [-0.1, -0.05) is 6.07 Å². The van der Waals surface area contributed by atoms with Gasteiger partial charge < -0.3 is 4.74 Å². The van der Waals surface area contributed by atoms with E-state index in [0.717, 1.165) is 5.06 Å². The molecule has 1 aromatic carbocycles. The van der Waals surface area contributed by atoms with Crippen molar-refractivity contribution in [2.45, 2.75) is 6.92 Å². The molecule has 0 unspecified atom stereocenters. The van der Waals surface area contributed by atoms with Crippen LogP contribution in [0.15, 0.2) is 18.2 Å². The molecular formula is C11H14N2O5. The van der Waals surface area contributed by atoms with Crippen LogP contribution in [0.1, 0.15) is 17.3 Å². The van der Waals surface area contributed by atoms with Gasteiger partial charge in [0.1, 0.15) is 0 Å². The summed E-state index contributed by atoms with van der Waals surface area (Å²) in [6, 6.07) is 4.17. The van der Waals surface area contributed by atoms with Gasteiger partial charge in [-0.15, -0.1) is 0 Å². The van der Waals surface area contributed by atoms with Crippen LogP contribution in [0.4, 0.5) is 5.69 Å². The number of nitro groups is 1. The predicted molar refractivity (Wildman–Crippen MR) is 63.4 cm³/mol. The summed E-state index contributed by atoms with van der Waals surface area (Å²) >= 11 is 0. The fourth-order valence-electron chi connectivity index (χ4n) is 1.39. The van der Waals surface area contributed by atoms with E-state index < -0.39 is 10.8 Å². The molecule has 98 valence electrons. The number of carbonyl (C=O) groups excluding carboxylic acids is 1. The molecule has 0 fully saturated rings. The maximum absolute atomic E-state index is 11.9. The highest BCUT2D eigenvalue weighted by atomic mass is 16.7. The Bertz CT molecular complexity index is 461. The molecular weight excluding hydrogens is 240 g/mol. The molecule has 0 N–H and O–H groups in total. The molecule has 0 aliphatic heterocycles. The lowest BCUT2D eigenvalue weighted by Crippen LogP contribution is -2.26. The quantitative estimate of drug-likeness (QED) is 0.589. The molecule has 0 aliphatic carbocycles. The maximum atomic E-state index is 11.9. The summed E-state index contributed by atoms with van der Waals surface area (Å²) in [6.45, 7) is 1.91. The lowest BCUT2D eigenvalue weighted by molar-refractivity contribution is -0.385. The van der Waals surface area contributed by atoms with E-state index in [4.69, 9.17) is 9.57 Å². The summed E-state index contributed by atoms with van der Waals surface area (Å²) in [6.07, 6.45) is 0. The van der Waals surface area contributed by atoms with Gasteiger partial charge in [-0.05, 0) is 13.0 Å². The third kappa shape index (κ3) is 2.75. The van der Waals surface area contributed by atoms with Crippen molar-refractivity contribution in [2.75, 3.05) is 20.8 Å². The molecule has 0 atom stereocenters. The number of benzene rings is 1. The van der Waals surface area contributed by atoms with Crippen molar-refractivity contribution in [1.82, 2.24) is 5.06 Å². The van der Waals surface area contributed by atoms with Crippen LogP contribution in [-0.4, -0.2) is 36.7 Å². The highest BCUT2D eigenvalue weighted by Crippen LogP contribution is 2.31. The standard InChI is InChI=1S/C11H14N2O5/c1-4-18-10-8(11(14)12(2)17-3)6-5-7-9(10)13(15)16/h5-7H,4H2,1-3H3. The van der Waals surface area contributed by atoms with Crippen molar-refractivity contribution in [3.05, 3.63) is 33.9 Å². The van der Waals surface area contributed by atoms with Crippen molar-refractivity contribution < 1.29 is 19.3 Å². The van der Waals surface area contributed by atoms with Gasteiger partial charge in [-0.3, -0.25) is 19.7 Å². The Hall–Kier alpha value is -2.15. The van der Waals surface area contributed by atoms with Gasteiger partial charge in [0.15, 0.2) is 0 Å². The molecule has 0 radical (unpaired) electrons. The predicted octanol–water partition coefficient (Wildman–Crippen LogP) is 1.63. The summed E-state index contributed by atoms with van der Waals surface area (Å²) in [5, 5.41) is 11.9. The highest BCUT2D eigenvalue weighted by molar-refractivity contribution is 5.97. The smallest absolute Gasteiger partial charge is 0.311 e. The number of hydrogen-bond donors (Lipinski definition) is 0. The molecule has 1 aromatic rings. The van der Waals surface area contributed by atoms with Gasteiger partial charge in [-0.2, -0.15) is 0 Å². The molecule has 0 aliphatic rings. The SMILES string of the molecule is CCOc1c(C(=O)N(C)OC)cccc1[N+](=O)[O-]. The van der Waals surface area contributed by atoms with Crippen LogP contribution in [0.3, 0.4) is 0 Å². The monoisotopic (exact) mass is 254 g/mol. The molecule has 0 saturated carbocycles. The van der Waals surface area contributed by atoms with Crippen LogP contribution in [0.5, 0.6) is 5.75 Å². The first-order valence-electron chi connectivity index (χ1n) is 5.25. The zero-order valence-corrected chi connectivity index (χ0v) is 10.4. The number of rotatable bonds is 5. The Balaban J connectivity index is 3.30. The number of hydrogen-bond acceptors (Lipinski definition) is 5. The summed E-state index contributed by atoms with van der Waals surface area (Å²) in [7, 11) is 2.74. The third-order valence-corrected chi connectivity index (χ3v) is 2.27. The minimum atomic E-state index is -0.589. The average molecular weight is 254 g/mol. The average Bonchev–Trinajstić information content (AvgIpc) is 2.37. The van der Waals surface area contributed by atoms with Gasteiger partial charge in [-0.25, -0.2) is 5.06 Å². The minimum Gasteiger partial charge on any atom is -0.487 e. The fraction of sp³-hybridized carbons (Fsp3) is 0.364. The van der Waals surface area contributed by atoms with Crippen molar-refractivity contribution in [3.8, 4) is 5.75 Å². The maximum Gasteiger partial charge on any atom is 0.311 e. The number of amides is 1. The highest BCUT2D eigenvalue weighted by Gasteiger charge is 2.24. The van der Waals surface area contributed by atoms with E-state index in [1.165, 1.54) is 32.4 Å². The lowest BCUT2D eigenvalue weighted by Gasteiger charge is -2.16. The summed E-state index contributed by atoms with van der Waals surface area (Å²) in [5.74, 6) is -0.552. The van der Waals surface area contributed by atoms with E-state index in [1.54, 1.807) is 6.92 Å². The molecule has 7 heteroatoms. The van der Waals surface area contributed by atoms with E-state index in [-0.39, 0.29) is 23.6 Å². The Morgan fingerprint density at radius 3 is 2.67 bits per heavy atom. The number of ether oxygens (including phenoxy) is 1. The topological polar surface area (TPSA) is 81.9 Å². The van der Waals surface area contributed by atoms with Crippen LogP contribution in [-0.2, 0) is 4.84 Å². The number of carbonyl (C=O) groups is 1. The molecule has 18 heavy (non-hydrogen) atoms. The largest absolute Gasteiger partial charge is 0.487 e. The van der Waals surface area contributed by atoms with Crippen molar-refractivity contribution >= 4 is 11.6 Å². The van der Waals surface area contributed by atoms with E-state index in [2.05, 4.69) is 0 Å². The summed E-state index contributed by atoms with van der Waals surface area (Å²) in [4.78, 5) is 27.0. The van der Waals surface area contributed by atoms with Gasteiger partial charge in [0.2, 0.25) is 5.75 Å². The normalized spacial score (nSPS) is 9.94. The van der Waals surface area contributed by atoms with Crippen LogP contribution in [0.2, 0.25) is 0 Å². The summed E-state index contributed by atoms with van der Waals surface area (Å²) in [5.41, 5.74) is -0.150. The van der Waals surface area contributed by atoms with E-state index >= 15 is 0 Å². The third-order valence-electron chi connectivity index (χ3n) is 2.27. The second-order valence-corrected chi connectivity index (χ2v) is 3.33. The Morgan fingerprint density at radius 2 is 2.17 bits per heavy atom. The zero-order valence-electron chi connectivity index (χ0n) is 10.4. The fourth-order valence-corrected chi connectivity index (χ4v) is 1.39. The molecule has 7 nitrogen and oxygen atoms in total. The molecule has 1 amide bonds. The second kappa shape index (κ2) is 5.97. The van der Waals surface area contributed by atoms with Crippen molar-refractivity contribution in [2.24, 2.45) is 0 Å². The van der Waals surface area contributed by atoms with E-state index in [0.29, 0.717) is 0 Å². The van der Waals surface area contributed by atoms with Crippen LogP contribution >= 0.6 is 0 Å². The number of hydroxylamine groups is 2. The van der Waals surface area contributed by atoms with Gasteiger partial charge in [0.25, 0.3) is 5.91 Å². The molecule has 0 bridgehead atoms. The van der Waals surface area contributed by atoms with Crippen LogP contribution in [0, 0.1) is 10.1 Å². The molecule has 0 spiro atoms. The first kappa shape index (κ1) is 13.9. The lowest BCUT2D eigenvalue weighted by atomic mass is 10.1. The van der Waals surface area contributed by atoms with Crippen molar-refractivity contribution in [1.29, 1.82) is 0 Å². The number of para-hydroxylation sites is 1. The molecule has 0 aromatic heterocycles. The van der Waals surface area contributed by atoms with Crippen molar-refractivity contribution in [3.63, 3.8) is 0 Å². The second-order valence-electron chi connectivity index (χ2n) is 3.33. The number of nitrogens with zero attached hydrogens (tertiary/aromatic N) is 2. The Kier molecular flexibility index (Phi) is 4.61. The molecule has 0 saturated heterocycles. The Labute approximate surface area is 104 Å². The zero-order chi connectivity index (χ0) is 13.7. The summed E-state index contributed by atoms with van der Waals surface area (Å²) < 4.78 is 5.20. The first-order valence-corrected chi connectivity index (χ1v) is 5.25. The van der Waals surface area contributed by atoms with Gasteiger partial charge in [0.05, 0.1) is 24.2 Å². The molecule has 1 rings (SSSR count). The van der Waals surface area contributed by atoms with Crippen LogP contribution in [0.25, 0.3) is 0 Å². The first-order chi connectivity index (χ1) is 8.52. The van der Waals surface area contributed by atoms with Crippen LogP contribution < -0.4 is 4.74 Å². The Morgan fingerprint density at radius 1 is 1.50 bits per heavy atom. The molecule has 0 heterocycles.